The molecule has 31 heavy (non-hydrogen) atoms. The van der Waals surface area contributed by atoms with Gasteiger partial charge in [-0.15, -0.1) is 0 Å². The van der Waals surface area contributed by atoms with E-state index < -0.39 is 0 Å². The summed E-state index contributed by atoms with van der Waals surface area (Å²) in [4.78, 5) is 21.9. The monoisotopic (exact) mass is 477 g/mol. The van der Waals surface area contributed by atoms with Crippen molar-refractivity contribution < 1.29 is 4.79 Å². The fourth-order valence-electron chi connectivity index (χ4n) is 4.18. The number of nitrogens with zero attached hydrogens (tertiary/aromatic N) is 4. The van der Waals surface area contributed by atoms with Crippen LogP contribution in [-0.2, 0) is 6.54 Å². The Morgan fingerprint density at radius 3 is 2.71 bits per heavy atom. The summed E-state index contributed by atoms with van der Waals surface area (Å²) in [6, 6.07) is 20.4. The maximum absolute atomic E-state index is 12.7. The predicted molar refractivity (Wildman–Crippen MR) is 127 cm³/mol. The number of hydrogen-bond donors (Lipinski definition) is 1. The van der Waals surface area contributed by atoms with Gasteiger partial charge in [0.2, 0.25) is 0 Å². The molecule has 5 rings (SSSR count). The van der Waals surface area contributed by atoms with Gasteiger partial charge in [0, 0.05) is 43.4 Å². The lowest BCUT2D eigenvalue weighted by atomic mass is 10.2. The molecule has 0 spiro atoms. The van der Waals surface area contributed by atoms with Gasteiger partial charge >= 0.3 is 6.03 Å². The molecular weight excluding hydrogens is 454 g/mol. The van der Waals surface area contributed by atoms with Crippen LogP contribution in [0, 0.1) is 0 Å². The molecule has 2 aromatic heterocycles. The van der Waals surface area contributed by atoms with Crippen molar-refractivity contribution in [3.8, 4) is 0 Å². The highest BCUT2D eigenvalue weighted by Crippen LogP contribution is 2.28. The molecule has 1 aliphatic heterocycles. The highest BCUT2D eigenvalue weighted by atomic mass is 79.9. The summed E-state index contributed by atoms with van der Waals surface area (Å²) in [7, 11) is 0. The molecule has 2 amide bonds. The lowest BCUT2D eigenvalue weighted by molar-refractivity contribution is 0.201. The van der Waals surface area contributed by atoms with Crippen molar-refractivity contribution >= 4 is 44.3 Å². The molecule has 6 nitrogen and oxygen atoms in total. The van der Waals surface area contributed by atoms with Gasteiger partial charge in [0.05, 0.1) is 16.6 Å². The van der Waals surface area contributed by atoms with E-state index in [1.54, 1.807) is 0 Å². The van der Waals surface area contributed by atoms with Gasteiger partial charge in [-0.25, -0.2) is 9.78 Å². The van der Waals surface area contributed by atoms with E-state index >= 15 is 0 Å². The van der Waals surface area contributed by atoms with E-state index in [0.29, 0.717) is 13.1 Å². The summed E-state index contributed by atoms with van der Waals surface area (Å²) >= 11 is 3.56. The fraction of sp³-hybridized carbons (Fsp3) is 0.250. The van der Waals surface area contributed by atoms with E-state index in [9.17, 15) is 4.79 Å². The molecule has 1 aliphatic rings. The van der Waals surface area contributed by atoms with Crippen LogP contribution in [0.1, 0.15) is 12.0 Å². The first kappa shape index (κ1) is 19.9. The highest BCUT2D eigenvalue weighted by Gasteiger charge is 2.22. The van der Waals surface area contributed by atoms with E-state index in [4.69, 9.17) is 4.98 Å². The molecule has 0 bridgehead atoms. The number of benzene rings is 2. The van der Waals surface area contributed by atoms with E-state index in [2.05, 4.69) is 61.0 Å². The Hall–Kier alpha value is -3.06. The van der Waals surface area contributed by atoms with Crippen LogP contribution in [0.2, 0.25) is 0 Å². The zero-order valence-electron chi connectivity index (χ0n) is 17.2. The number of fused-ring (bicyclic) bond motifs is 3. The van der Waals surface area contributed by atoms with Crippen LogP contribution in [0.5, 0.6) is 0 Å². The molecule has 0 atom stereocenters. The van der Waals surface area contributed by atoms with Crippen molar-refractivity contribution in [3.05, 3.63) is 76.9 Å². The molecule has 1 fully saturated rings. The third-order valence-corrected chi connectivity index (χ3v) is 6.26. The Balaban J connectivity index is 1.34. The standard InChI is InChI=1S/C24H24BrN5O/c25-19-9-10-21-20(16-19)27-23(22-8-4-13-30(21)22)28-11-5-12-29(15-14-28)24(31)26-17-18-6-2-1-3-7-18/h1-4,6-10,13,16H,5,11-12,14-15,17H2,(H,26,31). The summed E-state index contributed by atoms with van der Waals surface area (Å²) in [6.45, 7) is 3.59. The number of halogens is 1. The Morgan fingerprint density at radius 2 is 1.84 bits per heavy atom. The Morgan fingerprint density at radius 1 is 0.968 bits per heavy atom. The molecule has 0 saturated carbocycles. The Kier molecular flexibility index (Phi) is 5.51. The average molecular weight is 478 g/mol. The van der Waals surface area contributed by atoms with Crippen LogP contribution in [0.25, 0.3) is 16.6 Å². The van der Waals surface area contributed by atoms with Crippen molar-refractivity contribution in [2.45, 2.75) is 13.0 Å². The van der Waals surface area contributed by atoms with Crippen LogP contribution in [0.4, 0.5) is 10.6 Å². The van der Waals surface area contributed by atoms with Crippen molar-refractivity contribution in [2.24, 2.45) is 0 Å². The number of aromatic nitrogens is 2. The van der Waals surface area contributed by atoms with Crippen molar-refractivity contribution in [2.75, 3.05) is 31.1 Å². The van der Waals surface area contributed by atoms with Crippen molar-refractivity contribution in [3.63, 3.8) is 0 Å². The molecule has 2 aromatic carbocycles. The van der Waals surface area contributed by atoms with E-state index in [-0.39, 0.29) is 6.03 Å². The van der Waals surface area contributed by atoms with Gasteiger partial charge in [0.1, 0.15) is 0 Å². The summed E-state index contributed by atoms with van der Waals surface area (Å²) < 4.78 is 3.21. The number of anilines is 1. The predicted octanol–water partition coefficient (Wildman–Crippen LogP) is 4.67. The summed E-state index contributed by atoms with van der Waals surface area (Å²) in [5.41, 5.74) is 4.24. The molecule has 1 saturated heterocycles. The number of rotatable bonds is 3. The minimum Gasteiger partial charge on any atom is -0.353 e. The van der Waals surface area contributed by atoms with E-state index in [0.717, 1.165) is 58.5 Å². The van der Waals surface area contributed by atoms with Gasteiger partial charge in [-0.1, -0.05) is 46.3 Å². The van der Waals surface area contributed by atoms with Gasteiger partial charge in [-0.05, 0) is 42.3 Å². The lowest BCUT2D eigenvalue weighted by Crippen LogP contribution is -2.41. The number of urea groups is 1. The zero-order chi connectivity index (χ0) is 21.2. The molecule has 0 radical (unpaired) electrons. The largest absolute Gasteiger partial charge is 0.353 e. The van der Waals surface area contributed by atoms with E-state index in [1.165, 1.54) is 0 Å². The maximum atomic E-state index is 12.7. The normalized spacial score (nSPS) is 14.7. The van der Waals surface area contributed by atoms with Crippen LogP contribution >= 0.6 is 15.9 Å². The number of amides is 2. The minimum atomic E-state index is -0.00561. The molecular formula is C24H24BrN5O. The third-order valence-electron chi connectivity index (χ3n) is 5.77. The highest BCUT2D eigenvalue weighted by molar-refractivity contribution is 9.10. The molecule has 0 unspecified atom stereocenters. The molecule has 7 heteroatoms. The lowest BCUT2D eigenvalue weighted by Gasteiger charge is -2.24. The molecule has 0 aliphatic carbocycles. The zero-order valence-corrected chi connectivity index (χ0v) is 18.8. The second kappa shape index (κ2) is 8.59. The van der Waals surface area contributed by atoms with Crippen molar-refractivity contribution in [1.29, 1.82) is 0 Å². The number of hydrogen-bond acceptors (Lipinski definition) is 3. The van der Waals surface area contributed by atoms with Gasteiger partial charge < -0.3 is 19.5 Å². The van der Waals surface area contributed by atoms with Crippen LogP contribution in [0.3, 0.4) is 0 Å². The third kappa shape index (κ3) is 4.10. The van der Waals surface area contributed by atoms with Gasteiger partial charge in [0.15, 0.2) is 5.82 Å². The summed E-state index contributed by atoms with van der Waals surface area (Å²) in [5.74, 6) is 0.974. The molecule has 3 heterocycles. The molecule has 1 N–H and O–H groups in total. The first-order chi connectivity index (χ1) is 15.2. The fourth-order valence-corrected chi connectivity index (χ4v) is 4.53. The number of carbonyl (C=O) groups excluding carboxylic acids is 1. The minimum absolute atomic E-state index is 0.00561. The molecule has 158 valence electrons. The second-order valence-electron chi connectivity index (χ2n) is 7.80. The first-order valence-electron chi connectivity index (χ1n) is 10.6. The second-order valence-corrected chi connectivity index (χ2v) is 8.72. The smallest absolute Gasteiger partial charge is 0.317 e. The van der Waals surface area contributed by atoms with Gasteiger partial charge in [-0.3, -0.25) is 0 Å². The summed E-state index contributed by atoms with van der Waals surface area (Å²) in [6.07, 6.45) is 2.99. The van der Waals surface area contributed by atoms with Gasteiger partial charge in [0.25, 0.3) is 0 Å². The SMILES string of the molecule is O=C(NCc1ccccc1)N1CCCN(c2nc3cc(Br)ccc3n3cccc23)CC1. The van der Waals surface area contributed by atoms with Crippen LogP contribution < -0.4 is 10.2 Å². The number of carbonyl (C=O) groups is 1. The quantitative estimate of drug-likeness (QED) is 0.466. The van der Waals surface area contributed by atoms with Gasteiger partial charge in [-0.2, -0.15) is 0 Å². The number of nitrogens with one attached hydrogen (secondary N) is 1. The average Bonchev–Trinajstić information content (AvgIpc) is 3.15. The topological polar surface area (TPSA) is 52.9 Å². The first-order valence-corrected chi connectivity index (χ1v) is 11.4. The Bertz CT molecular complexity index is 1220. The van der Waals surface area contributed by atoms with Crippen LogP contribution in [-0.4, -0.2) is 46.5 Å². The molecule has 4 aromatic rings. The van der Waals surface area contributed by atoms with E-state index in [1.807, 2.05) is 41.3 Å². The maximum Gasteiger partial charge on any atom is 0.317 e. The van der Waals surface area contributed by atoms with Crippen molar-refractivity contribution in [1.82, 2.24) is 19.6 Å². The van der Waals surface area contributed by atoms with Crippen LogP contribution in [0.15, 0.2) is 71.3 Å². The summed E-state index contributed by atoms with van der Waals surface area (Å²) in [5, 5.41) is 3.05. The Labute approximate surface area is 189 Å².